The number of imide groups is 1. The predicted molar refractivity (Wildman–Crippen MR) is 153 cm³/mol. The Bertz CT molecular complexity index is 1750. The summed E-state index contributed by atoms with van der Waals surface area (Å²) in [5, 5.41) is 6.23. The summed E-state index contributed by atoms with van der Waals surface area (Å²) >= 11 is 0. The lowest BCUT2D eigenvalue weighted by atomic mass is 10.1. The van der Waals surface area contributed by atoms with Crippen molar-refractivity contribution in [3.05, 3.63) is 65.9 Å². The fourth-order valence-electron chi connectivity index (χ4n) is 5.39. The molecule has 2 aliphatic carbocycles. The molecular formula is C29H30N10O3. The number of aryl methyl sites for hydroxylation is 1. The van der Waals surface area contributed by atoms with E-state index in [1.807, 2.05) is 36.6 Å². The van der Waals surface area contributed by atoms with E-state index < -0.39 is 0 Å². The van der Waals surface area contributed by atoms with Crippen LogP contribution < -0.4 is 15.5 Å². The van der Waals surface area contributed by atoms with Crippen molar-refractivity contribution in [2.24, 2.45) is 5.92 Å². The number of nitrogens with one attached hydrogen (secondary N) is 2. The maximum atomic E-state index is 12.9. The van der Waals surface area contributed by atoms with Gasteiger partial charge in [0.1, 0.15) is 30.3 Å². The lowest BCUT2D eigenvalue weighted by Gasteiger charge is -2.17. The van der Waals surface area contributed by atoms with Gasteiger partial charge in [0.05, 0.1) is 17.4 Å². The van der Waals surface area contributed by atoms with Crippen molar-refractivity contribution in [1.29, 1.82) is 0 Å². The molecule has 0 spiro atoms. The van der Waals surface area contributed by atoms with Crippen LogP contribution in [0.1, 0.15) is 66.8 Å². The first kappa shape index (κ1) is 26.0. The number of hydrogen-bond acceptors (Lipinski definition) is 9. The van der Waals surface area contributed by atoms with Crippen LogP contribution in [0.25, 0.3) is 5.65 Å². The molecule has 4 aromatic heterocycles. The lowest BCUT2D eigenvalue weighted by molar-refractivity contribution is -0.124. The third-order valence-electron chi connectivity index (χ3n) is 8.10. The number of likely N-dealkylation sites (N-methyl/N-ethyl adjacent to an activating group) is 1. The van der Waals surface area contributed by atoms with Crippen LogP contribution in [-0.4, -0.2) is 65.7 Å². The SMILES string of the molecule is Cc1ccnc(C2CC2C(=O)Nc2cc(NC(C)c3cn4cc(C5CC5)cc(N5CC(=O)N(C)C5=O)c4n3)ncn2)n1. The predicted octanol–water partition coefficient (Wildman–Crippen LogP) is 3.41. The normalized spacial score (nSPS) is 20.7. The molecule has 5 heterocycles. The van der Waals surface area contributed by atoms with Crippen molar-refractivity contribution in [1.82, 2.24) is 34.2 Å². The Labute approximate surface area is 241 Å². The fraction of sp³-hybridized carbons (Fsp3) is 0.379. The monoisotopic (exact) mass is 566 g/mol. The minimum atomic E-state index is -0.356. The number of aromatic nitrogens is 6. The molecule has 13 nitrogen and oxygen atoms in total. The number of hydrogen-bond donors (Lipinski definition) is 2. The van der Waals surface area contributed by atoms with Crippen molar-refractivity contribution in [2.75, 3.05) is 29.1 Å². The average Bonchev–Trinajstić information content (AvgIpc) is 3.90. The molecule has 7 rings (SSSR count). The molecule has 3 atom stereocenters. The molecule has 4 aromatic rings. The molecule has 2 saturated carbocycles. The standard InChI is InChI=1S/C29H30N10O3/c1-15-6-7-30-26(33-15)19-9-20(19)28(41)36-24-10-23(31-14-32-24)34-16(2)21-12-38-11-18(17-4-5-17)8-22(27(38)35-21)39-13-25(40)37(3)29(39)42/h6-8,10-12,14,16-17,19-20H,4-5,9,13H2,1-3H3,(H2,31,32,34,36,41). The Morgan fingerprint density at radius 1 is 1.07 bits per heavy atom. The third kappa shape index (κ3) is 4.80. The van der Waals surface area contributed by atoms with Gasteiger partial charge in [0.25, 0.3) is 0 Å². The second-order valence-corrected chi connectivity index (χ2v) is 11.3. The van der Waals surface area contributed by atoms with Crippen molar-refractivity contribution in [2.45, 2.75) is 51.0 Å². The van der Waals surface area contributed by atoms with Crippen molar-refractivity contribution in [3.63, 3.8) is 0 Å². The van der Waals surface area contributed by atoms with Gasteiger partial charge < -0.3 is 15.0 Å². The summed E-state index contributed by atoms with van der Waals surface area (Å²) in [6, 6.07) is 4.89. The van der Waals surface area contributed by atoms with Gasteiger partial charge in [0.2, 0.25) is 11.8 Å². The van der Waals surface area contributed by atoms with Gasteiger partial charge in [0.15, 0.2) is 5.65 Å². The van der Waals surface area contributed by atoms with E-state index in [1.54, 1.807) is 12.3 Å². The van der Waals surface area contributed by atoms with Gasteiger partial charge in [0, 0.05) is 49.2 Å². The molecule has 214 valence electrons. The molecule has 3 unspecified atom stereocenters. The fourth-order valence-corrected chi connectivity index (χ4v) is 5.39. The molecular weight excluding hydrogens is 536 g/mol. The summed E-state index contributed by atoms with van der Waals surface area (Å²) in [7, 11) is 1.50. The highest BCUT2D eigenvalue weighted by Crippen LogP contribution is 2.46. The molecule has 1 saturated heterocycles. The van der Waals surface area contributed by atoms with E-state index in [4.69, 9.17) is 4.98 Å². The number of amides is 4. The van der Waals surface area contributed by atoms with Crippen LogP contribution in [0.2, 0.25) is 0 Å². The Morgan fingerprint density at radius 2 is 1.88 bits per heavy atom. The van der Waals surface area contributed by atoms with E-state index in [0.717, 1.165) is 34.7 Å². The average molecular weight is 567 g/mol. The molecule has 1 aliphatic heterocycles. The van der Waals surface area contributed by atoms with Crippen LogP contribution in [-0.2, 0) is 9.59 Å². The summed E-state index contributed by atoms with van der Waals surface area (Å²) in [4.78, 5) is 62.8. The second kappa shape index (κ2) is 9.86. The van der Waals surface area contributed by atoms with E-state index in [2.05, 4.69) is 36.8 Å². The minimum absolute atomic E-state index is 0.00976. The number of rotatable bonds is 8. The highest BCUT2D eigenvalue weighted by Gasteiger charge is 2.46. The van der Waals surface area contributed by atoms with E-state index in [-0.39, 0.29) is 42.3 Å². The zero-order valence-electron chi connectivity index (χ0n) is 23.5. The van der Waals surface area contributed by atoms with Crippen LogP contribution in [0, 0.1) is 12.8 Å². The number of carbonyl (C=O) groups is 3. The summed E-state index contributed by atoms with van der Waals surface area (Å²) in [5.41, 5.74) is 3.97. The van der Waals surface area contributed by atoms with Crippen LogP contribution >= 0.6 is 0 Å². The largest absolute Gasteiger partial charge is 0.362 e. The zero-order chi connectivity index (χ0) is 29.1. The number of urea groups is 1. The van der Waals surface area contributed by atoms with Gasteiger partial charge in [-0.1, -0.05) is 0 Å². The zero-order valence-corrected chi connectivity index (χ0v) is 23.5. The van der Waals surface area contributed by atoms with Gasteiger partial charge in [-0.3, -0.25) is 19.4 Å². The molecule has 2 N–H and O–H groups in total. The highest BCUT2D eigenvalue weighted by atomic mass is 16.2. The van der Waals surface area contributed by atoms with Gasteiger partial charge in [-0.05, 0) is 56.7 Å². The topological polar surface area (TPSA) is 151 Å². The number of fused-ring (bicyclic) bond motifs is 1. The number of nitrogens with zero attached hydrogens (tertiary/aromatic N) is 8. The maximum absolute atomic E-state index is 12.9. The number of carbonyl (C=O) groups excluding carboxylic acids is 3. The maximum Gasteiger partial charge on any atom is 0.331 e. The third-order valence-corrected chi connectivity index (χ3v) is 8.10. The smallest absolute Gasteiger partial charge is 0.331 e. The quantitative estimate of drug-likeness (QED) is 0.306. The minimum Gasteiger partial charge on any atom is -0.362 e. The molecule has 13 heteroatoms. The first-order chi connectivity index (χ1) is 20.2. The molecule has 0 bridgehead atoms. The van der Waals surface area contributed by atoms with Gasteiger partial charge in [-0.15, -0.1) is 0 Å². The van der Waals surface area contributed by atoms with Crippen LogP contribution in [0.3, 0.4) is 0 Å². The molecule has 4 amide bonds. The summed E-state index contributed by atoms with van der Waals surface area (Å²) in [5.74, 6) is 1.52. The van der Waals surface area contributed by atoms with Crippen molar-refractivity contribution < 1.29 is 14.4 Å². The van der Waals surface area contributed by atoms with Gasteiger partial charge in [-0.2, -0.15) is 0 Å². The number of pyridine rings is 1. The van der Waals surface area contributed by atoms with Crippen LogP contribution in [0.4, 0.5) is 22.1 Å². The first-order valence-electron chi connectivity index (χ1n) is 14.0. The summed E-state index contributed by atoms with van der Waals surface area (Å²) < 4.78 is 1.93. The van der Waals surface area contributed by atoms with E-state index in [9.17, 15) is 14.4 Å². The van der Waals surface area contributed by atoms with Crippen molar-refractivity contribution in [3.8, 4) is 0 Å². The summed E-state index contributed by atoms with van der Waals surface area (Å²) in [6.07, 6.45) is 10.0. The Morgan fingerprint density at radius 3 is 2.62 bits per heavy atom. The molecule has 3 fully saturated rings. The molecule has 42 heavy (non-hydrogen) atoms. The number of imidazole rings is 1. The van der Waals surface area contributed by atoms with Crippen molar-refractivity contribution >= 4 is 40.8 Å². The first-order valence-corrected chi connectivity index (χ1v) is 14.0. The van der Waals surface area contributed by atoms with E-state index in [1.165, 1.54) is 18.3 Å². The van der Waals surface area contributed by atoms with Gasteiger partial charge in [-0.25, -0.2) is 29.7 Å². The Balaban J connectivity index is 1.08. The lowest BCUT2D eigenvalue weighted by Crippen LogP contribution is -2.30. The molecule has 3 aliphatic rings. The van der Waals surface area contributed by atoms with E-state index >= 15 is 0 Å². The molecule has 0 aromatic carbocycles. The van der Waals surface area contributed by atoms with Crippen LogP contribution in [0.15, 0.2) is 43.1 Å². The summed E-state index contributed by atoms with van der Waals surface area (Å²) in [6.45, 7) is 3.85. The second-order valence-electron chi connectivity index (χ2n) is 11.3. The van der Waals surface area contributed by atoms with Crippen LogP contribution in [0.5, 0.6) is 0 Å². The Hall–Kier alpha value is -4.94. The van der Waals surface area contributed by atoms with Gasteiger partial charge >= 0.3 is 6.03 Å². The Kier molecular flexibility index (Phi) is 6.10. The highest BCUT2D eigenvalue weighted by molar-refractivity contribution is 6.13. The molecule has 0 radical (unpaired) electrons. The van der Waals surface area contributed by atoms with E-state index in [0.29, 0.717) is 41.1 Å². The number of anilines is 3.